The van der Waals surface area contributed by atoms with Crippen LogP contribution in [0.2, 0.25) is 0 Å². The molecule has 2 atom stereocenters. The Labute approximate surface area is 134 Å². The van der Waals surface area contributed by atoms with Crippen molar-refractivity contribution in [1.29, 1.82) is 0 Å². The van der Waals surface area contributed by atoms with E-state index in [1.807, 2.05) is 0 Å². The number of hydrogen-bond acceptors (Lipinski definition) is 6. The summed E-state index contributed by atoms with van der Waals surface area (Å²) in [5.74, 6) is -1.42. The van der Waals surface area contributed by atoms with E-state index in [0.29, 0.717) is 0 Å². The first-order valence-electron chi connectivity index (χ1n) is 6.81. The maximum atomic E-state index is 13.5. The average Bonchev–Trinajstić information content (AvgIpc) is 2.99. The number of methoxy groups -OCH3 is 3. The van der Waals surface area contributed by atoms with Crippen LogP contribution < -0.4 is 4.74 Å². The quantitative estimate of drug-likeness (QED) is 0.733. The summed E-state index contributed by atoms with van der Waals surface area (Å²) in [6.07, 6.45) is -0.284. The van der Waals surface area contributed by atoms with Gasteiger partial charge in [-0.2, -0.15) is 4.31 Å². The van der Waals surface area contributed by atoms with Crippen LogP contribution in [0.5, 0.6) is 5.75 Å². The first-order valence-corrected chi connectivity index (χ1v) is 8.25. The van der Waals surface area contributed by atoms with Crippen LogP contribution in [0.3, 0.4) is 0 Å². The number of benzene rings is 1. The molecule has 0 unspecified atom stereocenters. The highest BCUT2D eigenvalue weighted by Gasteiger charge is 2.45. The van der Waals surface area contributed by atoms with Crippen LogP contribution in [-0.2, 0) is 24.3 Å². The highest BCUT2D eigenvalue weighted by atomic mass is 32.2. The molecule has 1 aromatic carbocycles. The molecule has 23 heavy (non-hydrogen) atoms. The van der Waals surface area contributed by atoms with Gasteiger partial charge in [0.15, 0.2) is 0 Å². The van der Waals surface area contributed by atoms with Gasteiger partial charge in [-0.15, -0.1) is 0 Å². The molecule has 1 aliphatic heterocycles. The number of ether oxygens (including phenoxy) is 3. The smallest absolute Gasteiger partial charge is 0.324 e. The van der Waals surface area contributed by atoms with Crippen LogP contribution in [0, 0.1) is 5.82 Å². The molecule has 0 spiro atoms. The Balaban J connectivity index is 2.49. The lowest BCUT2D eigenvalue weighted by Gasteiger charge is -2.22. The molecule has 0 aliphatic carbocycles. The topological polar surface area (TPSA) is 82.1 Å². The van der Waals surface area contributed by atoms with Gasteiger partial charge in [0.05, 0.1) is 20.3 Å². The molecular weight excluding hydrogens is 329 g/mol. The zero-order chi connectivity index (χ0) is 17.2. The Morgan fingerprint density at radius 1 is 1.30 bits per heavy atom. The molecule has 1 saturated heterocycles. The first kappa shape index (κ1) is 17.6. The molecule has 2 rings (SSSR count). The summed E-state index contributed by atoms with van der Waals surface area (Å²) < 4.78 is 55.0. The van der Waals surface area contributed by atoms with Gasteiger partial charge in [-0.05, 0) is 18.2 Å². The number of carbonyl (C=O) groups is 1. The third-order valence-corrected chi connectivity index (χ3v) is 5.63. The lowest BCUT2D eigenvalue weighted by Crippen LogP contribution is -2.41. The van der Waals surface area contributed by atoms with Gasteiger partial charge in [0.2, 0.25) is 10.0 Å². The molecule has 0 saturated carbocycles. The number of esters is 1. The summed E-state index contributed by atoms with van der Waals surface area (Å²) in [5, 5.41) is 0. The fraction of sp³-hybridized carbons (Fsp3) is 0.500. The number of sulfonamides is 1. The van der Waals surface area contributed by atoms with E-state index in [1.165, 1.54) is 27.4 Å². The van der Waals surface area contributed by atoms with Gasteiger partial charge in [0.25, 0.3) is 0 Å². The van der Waals surface area contributed by atoms with Crippen molar-refractivity contribution in [2.45, 2.75) is 23.5 Å². The summed E-state index contributed by atoms with van der Waals surface area (Å²) in [7, 11) is -0.275. The molecule has 1 heterocycles. The van der Waals surface area contributed by atoms with Crippen molar-refractivity contribution in [2.24, 2.45) is 0 Å². The van der Waals surface area contributed by atoms with E-state index >= 15 is 0 Å². The Kier molecular flexibility index (Phi) is 5.23. The Bertz CT molecular complexity index is 693. The predicted molar refractivity (Wildman–Crippen MR) is 78.1 cm³/mol. The zero-order valence-corrected chi connectivity index (χ0v) is 13.8. The van der Waals surface area contributed by atoms with Crippen molar-refractivity contribution in [3.8, 4) is 5.75 Å². The molecule has 9 heteroatoms. The van der Waals surface area contributed by atoms with E-state index in [0.717, 1.165) is 16.4 Å². The molecule has 0 amide bonds. The SMILES string of the molecule is COC(=O)[C@H]1C[C@@H](OC)CN1S(=O)(=O)c1cc(F)ccc1OC. The van der Waals surface area contributed by atoms with Crippen LogP contribution in [0.25, 0.3) is 0 Å². The number of carbonyl (C=O) groups excluding carboxylic acids is 1. The monoisotopic (exact) mass is 347 g/mol. The lowest BCUT2D eigenvalue weighted by atomic mass is 10.2. The van der Waals surface area contributed by atoms with Crippen molar-refractivity contribution in [3.63, 3.8) is 0 Å². The van der Waals surface area contributed by atoms with Crippen LogP contribution in [0.4, 0.5) is 4.39 Å². The molecule has 0 N–H and O–H groups in total. The summed E-state index contributed by atoms with van der Waals surface area (Å²) in [4.78, 5) is 11.6. The second-order valence-electron chi connectivity index (χ2n) is 5.00. The normalized spacial score (nSPS) is 22.1. The lowest BCUT2D eigenvalue weighted by molar-refractivity contribution is -0.144. The van der Waals surface area contributed by atoms with Crippen molar-refractivity contribution in [1.82, 2.24) is 4.31 Å². The minimum atomic E-state index is -4.16. The minimum Gasteiger partial charge on any atom is -0.495 e. The Hall–Kier alpha value is -1.71. The van der Waals surface area contributed by atoms with E-state index < -0.39 is 34.0 Å². The van der Waals surface area contributed by atoms with E-state index in [2.05, 4.69) is 4.74 Å². The van der Waals surface area contributed by atoms with Crippen LogP contribution >= 0.6 is 0 Å². The fourth-order valence-electron chi connectivity index (χ4n) is 2.53. The summed E-state index contributed by atoms with van der Waals surface area (Å²) in [5.41, 5.74) is 0. The number of nitrogens with zero attached hydrogens (tertiary/aromatic N) is 1. The highest BCUT2D eigenvalue weighted by Crippen LogP contribution is 2.33. The van der Waals surface area contributed by atoms with Crippen molar-refractivity contribution in [2.75, 3.05) is 27.9 Å². The van der Waals surface area contributed by atoms with Gasteiger partial charge >= 0.3 is 5.97 Å². The van der Waals surface area contributed by atoms with Crippen molar-refractivity contribution >= 4 is 16.0 Å². The van der Waals surface area contributed by atoms with Gasteiger partial charge in [-0.25, -0.2) is 12.8 Å². The van der Waals surface area contributed by atoms with Crippen molar-refractivity contribution in [3.05, 3.63) is 24.0 Å². The molecule has 0 radical (unpaired) electrons. The Morgan fingerprint density at radius 3 is 2.57 bits per heavy atom. The maximum absolute atomic E-state index is 13.5. The minimum absolute atomic E-state index is 0.00381. The average molecular weight is 347 g/mol. The standard InChI is InChI=1S/C14H18FNO6S/c1-20-10-7-11(14(17)22-3)16(8-10)23(18,19)13-6-9(15)4-5-12(13)21-2/h4-6,10-11H,7-8H2,1-3H3/t10-,11-/m1/s1. The molecular formula is C14H18FNO6S. The molecule has 0 bridgehead atoms. The van der Waals surface area contributed by atoms with Gasteiger partial charge in [-0.1, -0.05) is 0 Å². The molecule has 1 aromatic rings. The third-order valence-electron chi connectivity index (χ3n) is 3.74. The molecule has 0 aromatic heterocycles. The second-order valence-corrected chi connectivity index (χ2v) is 6.86. The van der Waals surface area contributed by atoms with E-state index in [4.69, 9.17) is 9.47 Å². The highest BCUT2D eigenvalue weighted by molar-refractivity contribution is 7.89. The van der Waals surface area contributed by atoms with E-state index in [-0.39, 0.29) is 23.6 Å². The number of rotatable bonds is 5. The van der Waals surface area contributed by atoms with Crippen LogP contribution in [0.1, 0.15) is 6.42 Å². The number of halogens is 1. The van der Waals surface area contributed by atoms with Gasteiger partial charge in [-0.3, -0.25) is 4.79 Å². The fourth-order valence-corrected chi connectivity index (χ4v) is 4.32. The van der Waals surface area contributed by atoms with Gasteiger partial charge in [0, 0.05) is 20.1 Å². The summed E-state index contributed by atoms with van der Waals surface area (Å²) >= 11 is 0. The van der Waals surface area contributed by atoms with Gasteiger partial charge < -0.3 is 14.2 Å². The van der Waals surface area contributed by atoms with E-state index in [1.54, 1.807) is 0 Å². The van der Waals surface area contributed by atoms with Gasteiger partial charge in [0.1, 0.15) is 22.5 Å². The third kappa shape index (κ3) is 3.31. The summed E-state index contributed by atoms with van der Waals surface area (Å²) in [6.45, 7) is -0.0295. The zero-order valence-electron chi connectivity index (χ0n) is 13.0. The molecule has 128 valence electrons. The molecule has 7 nitrogen and oxygen atoms in total. The Morgan fingerprint density at radius 2 is 2.00 bits per heavy atom. The molecule has 1 aliphatic rings. The molecule has 1 fully saturated rings. The summed E-state index contributed by atoms with van der Waals surface area (Å²) in [6, 6.07) is 2.15. The van der Waals surface area contributed by atoms with Crippen LogP contribution in [0.15, 0.2) is 23.1 Å². The largest absolute Gasteiger partial charge is 0.495 e. The first-order chi connectivity index (χ1) is 10.8. The van der Waals surface area contributed by atoms with E-state index in [9.17, 15) is 17.6 Å². The predicted octanol–water partition coefficient (Wildman–Crippen LogP) is 0.785. The second kappa shape index (κ2) is 6.81. The number of hydrogen-bond donors (Lipinski definition) is 0. The van der Waals surface area contributed by atoms with Crippen molar-refractivity contribution < 1.29 is 31.8 Å². The van der Waals surface area contributed by atoms with Crippen LogP contribution in [-0.4, -0.2) is 58.7 Å². The maximum Gasteiger partial charge on any atom is 0.324 e.